The lowest BCUT2D eigenvalue weighted by Gasteiger charge is -2.42. The Hall–Kier alpha value is -0.360. The molecule has 0 aromatic heterocycles. The van der Waals surface area contributed by atoms with Gasteiger partial charge in [-0.25, -0.2) is 0 Å². The Balaban J connectivity index is 1.97. The van der Waals surface area contributed by atoms with Crippen molar-refractivity contribution < 1.29 is 44.8 Å². The Morgan fingerprint density at radius 1 is 1.00 bits per heavy atom. The molecule has 21 heavy (non-hydrogen) atoms. The number of aliphatic hydroxyl groups is 6. The lowest BCUT2D eigenvalue weighted by Crippen LogP contribution is -2.59. The minimum atomic E-state index is -1.50. The van der Waals surface area contributed by atoms with E-state index in [1.54, 1.807) is 0 Å². The Morgan fingerprint density at radius 3 is 2.29 bits per heavy atom. The van der Waals surface area contributed by atoms with Gasteiger partial charge in [-0.15, -0.1) is 0 Å². The van der Waals surface area contributed by atoms with Crippen molar-refractivity contribution in [1.29, 1.82) is 0 Å². The molecule has 2 rings (SSSR count). The van der Waals surface area contributed by atoms with Crippen LogP contribution in [-0.4, -0.2) is 92.6 Å². The van der Waals surface area contributed by atoms with Crippen molar-refractivity contribution in [2.24, 2.45) is 0 Å². The predicted molar refractivity (Wildman–Crippen MR) is 65.8 cm³/mol. The Morgan fingerprint density at radius 2 is 1.67 bits per heavy atom. The average molecular weight is 310 g/mol. The van der Waals surface area contributed by atoms with Crippen LogP contribution in [0.1, 0.15) is 13.3 Å². The lowest BCUT2D eigenvalue weighted by atomic mass is 9.99. The third-order valence-corrected chi connectivity index (χ3v) is 3.83. The molecule has 0 unspecified atom stereocenters. The Labute approximate surface area is 121 Å². The predicted octanol–water partition coefficient (Wildman–Crippen LogP) is -3.34. The zero-order valence-electron chi connectivity index (χ0n) is 11.5. The number of hydrogen-bond acceptors (Lipinski definition) is 9. The Kier molecular flexibility index (Phi) is 5.52. The van der Waals surface area contributed by atoms with Crippen molar-refractivity contribution in [3.8, 4) is 0 Å². The molecule has 2 saturated heterocycles. The lowest BCUT2D eigenvalue weighted by molar-refractivity contribution is -0.341. The van der Waals surface area contributed by atoms with Crippen LogP contribution in [0.3, 0.4) is 0 Å². The van der Waals surface area contributed by atoms with E-state index in [0.29, 0.717) is 0 Å². The largest absolute Gasteiger partial charge is 0.394 e. The average Bonchev–Trinajstić information content (AvgIpc) is 2.45. The van der Waals surface area contributed by atoms with Crippen molar-refractivity contribution in [2.45, 2.75) is 68.7 Å². The number of aliphatic hydroxyl groups excluding tert-OH is 6. The molecule has 0 radical (unpaired) electrons. The van der Waals surface area contributed by atoms with Gasteiger partial charge in [0.15, 0.2) is 12.6 Å². The van der Waals surface area contributed by atoms with Gasteiger partial charge in [-0.2, -0.15) is 0 Å². The zero-order chi connectivity index (χ0) is 15.7. The van der Waals surface area contributed by atoms with Crippen LogP contribution >= 0.6 is 0 Å². The summed E-state index contributed by atoms with van der Waals surface area (Å²) in [6, 6.07) is 0. The smallest absolute Gasteiger partial charge is 0.187 e. The molecule has 2 fully saturated rings. The molecule has 9 heteroatoms. The molecule has 0 spiro atoms. The summed E-state index contributed by atoms with van der Waals surface area (Å²) in [5, 5.41) is 57.5. The van der Waals surface area contributed by atoms with Crippen molar-refractivity contribution in [1.82, 2.24) is 0 Å². The normalized spacial score (nSPS) is 51.9. The van der Waals surface area contributed by atoms with Gasteiger partial charge in [-0.3, -0.25) is 0 Å². The van der Waals surface area contributed by atoms with Crippen LogP contribution < -0.4 is 0 Å². The van der Waals surface area contributed by atoms with Crippen molar-refractivity contribution in [3.63, 3.8) is 0 Å². The summed E-state index contributed by atoms with van der Waals surface area (Å²) in [4.78, 5) is 0. The maximum atomic E-state index is 9.82. The number of rotatable bonds is 3. The van der Waals surface area contributed by atoms with Gasteiger partial charge in [0.2, 0.25) is 0 Å². The fourth-order valence-corrected chi connectivity index (χ4v) is 2.45. The summed E-state index contributed by atoms with van der Waals surface area (Å²) in [6.45, 7) is 1.05. The van der Waals surface area contributed by atoms with E-state index >= 15 is 0 Å². The van der Waals surface area contributed by atoms with Gasteiger partial charge in [-0.05, 0) is 6.92 Å². The summed E-state index contributed by atoms with van der Waals surface area (Å²) in [7, 11) is 0. The Bertz CT molecular complexity index is 341. The van der Waals surface area contributed by atoms with E-state index in [9.17, 15) is 25.5 Å². The van der Waals surface area contributed by atoms with Crippen LogP contribution in [0.2, 0.25) is 0 Å². The summed E-state index contributed by atoms with van der Waals surface area (Å²) in [6.07, 6.45) is -10.7. The van der Waals surface area contributed by atoms with Crippen LogP contribution in [0.4, 0.5) is 0 Å². The van der Waals surface area contributed by atoms with Crippen molar-refractivity contribution in [2.75, 3.05) is 6.61 Å². The zero-order valence-corrected chi connectivity index (χ0v) is 11.5. The third-order valence-electron chi connectivity index (χ3n) is 3.83. The van der Waals surface area contributed by atoms with Crippen LogP contribution in [0.5, 0.6) is 0 Å². The maximum Gasteiger partial charge on any atom is 0.187 e. The first-order valence-corrected chi connectivity index (χ1v) is 6.82. The molecular formula is C12H22O9. The highest BCUT2D eigenvalue weighted by atomic mass is 16.7. The molecule has 9 nitrogen and oxygen atoms in total. The molecule has 0 saturated carbocycles. The van der Waals surface area contributed by atoms with Crippen LogP contribution in [0, 0.1) is 0 Å². The molecule has 2 heterocycles. The quantitative estimate of drug-likeness (QED) is 0.314. The summed E-state index contributed by atoms with van der Waals surface area (Å²) >= 11 is 0. The summed E-state index contributed by atoms with van der Waals surface area (Å²) in [5.41, 5.74) is 0. The third kappa shape index (κ3) is 3.52. The first-order valence-electron chi connectivity index (χ1n) is 6.82. The molecule has 0 bridgehead atoms. The van der Waals surface area contributed by atoms with E-state index in [1.165, 1.54) is 6.92 Å². The van der Waals surface area contributed by atoms with Gasteiger partial charge in [0.05, 0.1) is 18.8 Å². The highest BCUT2D eigenvalue weighted by Crippen LogP contribution is 2.27. The summed E-state index contributed by atoms with van der Waals surface area (Å²) < 4.78 is 15.6. The van der Waals surface area contributed by atoms with Crippen LogP contribution in [-0.2, 0) is 14.2 Å². The molecule has 2 aliphatic heterocycles. The van der Waals surface area contributed by atoms with Gasteiger partial charge in [0.1, 0.15) is 30.5 Å². The molecule has 0 aromatic carbocycles. The minimum Gasteiger partial charge on any atom is -0.394 e. The topological polar surface area (TPSA) is 149 Å². The first kappa shape index (κ1) is 17.0. The minimum absolute atomic E-state index is 0.0357. The maximum absolute atomic E-state index is 9.82. The monoisotopic (exact) mass is 310 g/mol. The molecule has 0 amide bonds. The second-order valence-electron chi connectivity index (χ2n) is 5.41. The molecule has 124 valence electrons. The molecule has 9 atom stereocenters. The van der Waals surface area contributed by atoms with E-state index in [4.69, 9.17) is 19.3 Å². The van der Waals surface area contributed by atoms with E-state index in [2.05, 4.69) is 0 Å². The molecule has 0 aliphatic carbocycles. The molecule has 6 N–H and O–H groups in total. The van der Waals surface area contributed by atoms with Crippen molar-refractivity contribution >= 4 is 0 Å². The van der Waals surface area contributed by atoms with Crippen LogP contribution in [0.15, 0.2) is 0 Å². The van der Waals surface area contributed by atoms with E-state index in [1.807, 2.05) is 0 Å². The van der Waals surface area contributed by atoms with E-state index < -0.39 is 61.9 Å². The van der Waals surface area contributed by atoms with Gasteiger partial charge < -0.3 is 44.8 Å². The summed E-state index contributed by atoms with van der Waals surface area (Å²) in [5.74, 6) is 0. The fraction of sp³-hybridized carbons (Fsp3) is 1.00. The van der Waals surface area contributed by atoms with Crippen LogP contribution in [0.25, 0.3) is 0 Å². The van der Waals surface area contributed by atoms with Crippen molar-refractivity contribution in [3.05, 3.63) is 0 Å². The second-order valence-corrected chi connectivity index (χ2v) is 5.41. The first-order chi connectivity index (χ1) is 9.85. The molecule has 0 aromatic rings. The number of ether oxygens (including phenoxy) is 3. The fourth-order valence-electron chi connectivity index (χ4n) is 2.45. The van der Waals surface area contributed by atoms with Gasteiger partial charge in [0.25, 0.3) is 0 Å². The van der Waals surface area contributed by atoms with Gasteiger partial charge in [-0.1, -0.05) is 0 Å². The SMILES string of the molecule is C[C@@H]1O[C@@H](O[C@@H]2C[C@@H](O)[C@@H](CO)O[C@H]2O)[C@@H](O)[C@H](O)[C@@H]1O. The molecular weight excluding hydrogens is 288 g/mol. The van der Waals surface area contributed by atoms with Gasteiger partial charge in [0, 0.05) is 6.42 Å². The molecule has 2 aliphatic rings. The number of hydrogen-bond donors (Lipinski definition) is 6. The highest BCUT2D eigenvalue weighted by molar-refractivity contribution is 4.89. The van der Waals surface area contributed by atoms with Gasteiger partial charge >= 0.3 is 0 Å². The van der Waals surface area contributed by atoms with E-state index in [0.717, 1.165) is 0 Å². The van der Waals surface area contributed by atoms with E-state index in [-0.39, 0.29) is 6.42 Å². The second kappa shape index (κ2) is 6.82. The highest BCUT2D eigenvalue weighted by Gasteiger charge is 2.45. The standard InChI is InChI=1S/C12H22O9/c1-4-8(15)9(16)10(17)12(19-4)21-6-2-5(14)7(3-13)20-11(6)18/h4-18H,2-3H2,1H3/t4-,5+,6+,7+,8+,9+,10-,11+,12-/m0/s1.